The zero-order valence-electron chi connectivity index (χ0n) is 7.02. The topological polar surface area (TPSA) is 6.25 Å². The number of hydrogen-bond acceptors (Lipinski definition) is 1. The molecule has 0 N–H and O–H groups in total. The van der Waals surface area contributed by atoms with Gasteiger partial charge in [0, 0.05) is 6.42 Å². The van der Waals surface area contributed by atoms with E-state index in [1.54, 1.807) is 5.84 Å². The van der Waals surface area contributed by atoms with Crippen molar-refractivity contribution in [3.63, 3.8) is 0 Å². The van der Waals surface area contributed by atoms with Gasteiger partial charge in [0.05, 0.1) is 33.1 Å². The molecule has 11 heavy (non-hydrogen) atoms. The van der Waals surface area contributed by atoms with Crippen molar-refractivity contribution >= 4 is 5.84 Å². The molecule has 1 fully saturated rings. The average Bonchev–Trinajstić information content (AvgIpc) is 2.36. The van der Waals surface area contributed by atoms with Gasteiger partial charge < -0.3 is 24.0 Å². The van der Waals surface area contributed by atoms with Crippen LogP contribution in [0.3, 0.4) is 0 Å². The summed E-state index contributed by atoms with van der Waals surface area (Å²) in [5, 5.41) is 0. The number of rotatable bonds is 0. The number of fused-ring (bicyclic) bond motifs is 1. The Kier molecular flexibility index (Phi) is 3.16. The molecule has 0 aromatic carbocycles. The van der Waals surface area contributed by atoms with Gasteiger partial charge in [0.2, 0.25) is 5.84 Å². The predicted octanol–water partition coefficient (Wildman–Crippen LogP) is -2.47. The second-order valence-electron chi connectivity index (χ2n) is 3.28. The van der Waals surface area contributed by atoms with E-state index in [0.29, 0.717) is 0 Å². The Morgan fingerprint density at radius 1 is 1.27 bits per heavy atom. The molecule has 1 saturated heterocycles. The molecule has 0 radical (unpaired) electrons. The molecule has 2 heterocycles. The first kappa shape index (κ1) is 9.29. The largest absolute Gasteiger partial charge is 1.00 e. The van der Waals surface area contributed by atoms with Crippen molar-refractivity contribution in [2.45, 2.75) is 19.3 Å². The quantitative estimate of drug-likeness (QED) is 0.348. The fraction of sp³-hybridized carbons (Fsp3) is 0.875. The summed E-state index contributed by atoms with van der Waals surface area (Å²) >= 11 is 0. The molecule has 64 valence electrons. The highest BCUT2D eigenvalue weighted by molar-refractivity contribution is 5.79. The highest BCUT2D eigenvalue weighted by Crippen LogP contribution is 2.14. The van der Waals surface area contributed by atoms with Gasteiger partial charge in [-0.25, -0.2) is 0 Å². The zero-order chi connectivity index (χ0) is 6.97. The van der Waals surface area contributed by atoms with Crippen LogP contribution in [-0.2, 0) is 0 Å². The molecular weight excluding hydrogens is 251 g/mol. The fourth-order valence-corrected chi connectivity index (χ4v) is 2.02. The van der Waals surface area contributed by atoms with Gasteiger partial charge in [0.15, 0.2) is 0 Å². The van der Waals surface area contributed by atoms with Crippen LogP contribution in [0.15, 0.2) is 0 Å². The molecule has 3 heteroatoms. The Labute approximate surface area is 85.3 Å². The first-order chi connectivity index (χ1) is 4.88. The summed E-state index contributed by atoms with van der Waals surface area (Å²) in [6.45, 7) is 3.88. The van der Waals surface area contributed by atoms with Gasteiger partial charge >= 0.3 is 0 Å². The molecule has 2 rings (SSSR count). The van der Waals surface area contributed by atoms with E-state index in [1.807, 2.05) is 0 Å². The summed E-state index contributed by atoms with van der Waals surface area (Å²) in [5.74, 6) is 1.59. The van der Waals surface area contributed by atoms with Crippen molar-refractivity contribution in [3.8, 4) is 0 Å². The van der Waals surface area contributed by atoms with Gasteiger partial charge in [-0.1, -0.05) is 0 Å². The van der Waals surface area contributed by atoms with Crippen LogP contribution in [0.4, 0.5) is 0 Å². The maximum absolute atomic E-state index is 2.53. The van der Waals surface area contributed by atoms with Gasteiger partial charge in [-0.05, 0) is 6.42 Å². The highest BCUT2D eigenvalue weighted by atomic mass is 127. The Bertz CT molecular complexity index is 177. The Morgan fingerprint density at radius 2 is 2.00 bits per heavy atom. The number of hydrogen-bond donors (Lipinski definition) is 0. The average molecular weight is 266 g/mol. The van der Waals surface area contributed by atoms with Gasteiger partial charge in [-0.2, -0.15) is 0 Å². The minimum absolute atomic E-state index is 0. The van der Waals surface area contributed by atoms with E-state index in [2.05, 4.69) is 16.5 Å². The van der Waals surface area contributed by atoms with Crippen LogP contribution in [0.25, 0.3) is 0 Å². The third-order valence-corrected chi connectivity index (χ3v) is 2.56. The normalized spacial score (nSPS) is 23.2. The molecule has 0 bridgehead atoms. The van der Waals surface area contributed by atoms with Crippen LogP contribution in [0, 0.1) is 0 Å². The maximum Gasteiger partial charge on any atom is 0.246 e. The van der Waals surface area contributed by atoms with E-state index in [-0.39, 0.29) is 24.0 Å². The number of halogens is 1. The minimum atomic E-state index is 0. The van der Waals surface area contributed by atoms with Crippen molar-refractivity contribution in [3.05, 3.63) is 0 Å². The van der Waals surface area contributed by atoms with Crippen molar-refractivity contribution in [2.24, 2.45) is 0 Å². The van der Waals surface area contributed by atoms with Crippen LogP contribution in [0.5, 0.6) is 0 Å². The summed E-state index contributed by atoms with van der Waals surface area (Å²) in [5.41, 5.74) is 0. The Hall–Kier alpha value is 0.200. The van der Waals surface area contributed by atoms with Crippen LogP contribution in [-0.4, -0.2) is 42.0 Å². The van der Waals surface area contributed by atoms with E-state index in [9.17, 15) is 0 Å². The standard InChI is InChI=1S/C8H15N2.HI/c1-9-5-3-7-10-6-2-4-8(9)10;/h2-7H2,1H3;1H/q+1;/p-1. The number of nitrogens with zero attached hydrogens (tertiary/aromatic N) is 2. The van der Waals surface area contributed by atoms with Gasteiger partial charge in [0.1, 0.15) is 0 Å². The number of amidine groups is 1. The molecular formula is C8H15IN2. The molecule has 2 aliphatic rings. The molecule has 0 amide bonds. The Morgan fingerprint density at radius 3 is 2.73 bits per heavy atom. The molecule has 0 saturated carbocycles. The molecule has 0 atom stereocenters. The van der Waals surface area contributed by atoms with Crippen molar-refractivity contribution in [1.29, 1.82) is 0 Å². The van der Waals surface area contributed by atoms with Crippen LogP contribution in [0.1, 0.15) is 19.3 Å². The molecule has 0 aromatic heterocycles. The van der Waals surface area contributed by atoms with E-state index in [1.165, 1.54) is 38.9 Å². The molecule has 0 aromatic rings. The summed E-state index contributed by atoms with van der Waals surface area (Å²) in [4.78, 5) is 2.53. The molecule has 0 spiro atoms. The highest BCUT2D eigenvalue weighted by Gasteiger charge is 2.29. The zero-order valence-corrected chi connectivity index (χ0v) is 9.17. The summed E-state index contributed by atoms with van der Waals surface area (Å²) in [7, 11) is 2.22. The van der Waals surface area contributed by atoms with Gasteiger partial charge in [-0.3, -0.25) is 9.48 Å². The van der Waals surface area contributed by atoms with E-state index in [0.717, 1.165) is 0 Å². The second-order valence-corrected chi connectivity index (χ2v) is 3.28. The van der Waals surface area contributed by atoms with E-state index >= 15 is 0 Å². The Balaban J connectivity index is 0.000000605. The molecule has 0 unspecified atom stereocenters. The lowest BCUT2D eigenvalue weighted by Crippen LogP contribution is -3.00. The van der Waals surface area contributed by atoms with Crippen LogP contribution >= 0.6 is 0 Å². The lowest BCUT2D eigenvalue weighted by Gasteiger charge is -2.19. The first-order valence-corrected chi connectivity index (χ1v) is 4.20. The molecule has 2 nitrogen and oxygen atoms in total. The second kappa shape index (κ2) is 3.74. The third kappa shape index (κ3) is 1.68. The first-order valence-electron chi connectivity index (χ1n) is 4.20. The van der Waals surface area contributed by atoms with E-state index < -0.39 is 0 Å². The van der Waals surface area contributed by atoms with Gasteiger partial charge in [0.25, 0.3) is 0 Å². The fourth-order valence-electron chi connectivity index (χ4n) is 2.02. The summed E-state index contributed by atoms with van der Waals surface area (Å²) in [6, 6.07) is 0. The van der Waals surface area contributed by atoms with Crippen molar-refractivity contribution < 1.29 is 28.6 Å². The van der Waals surface area contributed by atoms with Crippen molar-refractivity contribution in [2.75, 3.05) is 26.7 Å². The van der Waals surface area contributed by atoms with E-state index in [4.69, 9.17) is 0 Å². The lowest BCUT2D eigenvalue weighted by molar-refractivity contribution is -0.508. The third-order valence-electron chi connectivity index (χ3n) is 2.56. The van der Waals surface area contributed by atoms with Gasteiger partial charge in [-0.15, -0.1) is 0 Å². The maximum atomic E-state index is 2.53. The SMILES string of the molecule is C[N+]1=C2CCCN2CCC1.[I-]. The van der Waals surface area contributed by atoms with Crippen LogP contribution in [0.2, 0.25) is 0 Å². The smallest absolute Gasteiger partial charge is 0.246 e. The summed E-state index contributed by atoms with van der Waals surface area (Å²) in [6.07, 6.45) is 4.04. The van der Waals surface area contributed by atoms with Crippen LogP contribution < -0.4 is 24.0 Å². The predicted molar refractivity (Wildman–Crippen MR) is 41.5 cm³/mol. The molecule has 0 aliphatic carbocycles. The minimum Gasteiger partial charge on any atom is -1.00 e. The monoisotopic (exact) mass is 266 g/mol. The lowest BCUT2D eigenvalue weighted by atomic mass is 10.3. The summed E-state index contributed by atoms with van der Waals surface area (Å²) < 4.78 is 2.41. The molecule has 2 aliphatic heterocycles. The van der Waals surface area contributed by atoms with Crippen molar-refractivity contribution in [1.82, 2.24) is 4.90 Å².